The molecule has 25 heavy (non-hydrogen) atoms. The predicted octanol–water partition coefficient (Wildman–Crippen LogP) is 3.01. The predicted molar refractivity (Wildman–Crippen MR) is 96.0 cm³/mol. The van der Waals surface area contributed by atoms with Crippen LogP contribution in [0.4, 0.5) is 0 Å². The van der Waals surface area contributed by atoms with Crippen molar-refractivity contribution in [2.24, 2.45) is 0 Å². The Balaban J connectivity index is 1.47. The van der Waals surface area contributed by atoms with Crippen LogP contribution in [0, 0.1) is 0 Å². The molecule has 1 unspecified atom stereocenters. The summed E-state index contributed by atoms with van der Waals surface area (Å²) in [7, 11) is 0. The number of fused-ring (bicyclic) bond motifs is 1. The van der Waals surface area contributed by atoms with Crippen LogP contribution in [0.5, 0.6) is 0 Å². The van der Waals surface area contributed by atoms with Gasteiger partial charge in [-0.05, 0) is 25.0 Å². The van der Waals surface area contributed by atoms with E-state index in [9.17, 15) is 4.79 Å². The minimum atomic E-state index is 0.124. The van der Waals surface area contributed by atoms with Crippen molar-refractivity contribution in [3.8, 4) is 0 Å². The fourth-order valence-electron chi connectivity index (χ4n) is 3.57. The smallest absolute Gasteiger partial charge is 0.264 e. The van der Waals surface area contributed by atoms with Gasteiger partial charge in [0.25, 0.3) is 5.91 Å². The van der Waals surface area contributed by atoms with Gasteiger partial charge in [-0.25, -0.2) is 0 Å². The first-order chi connectivity index (χ1) is 12.1. The lowest BCUT2D eigenvalue weighted by Gasteiger charge is -2.19. The molecule has 0 radical (unpaired) electrons. The van der Waals surface area contributed by atoms with Gasteiger partial charge in [0.05, 0.1) is 11.0 Å². The van der Waals surface area contributed by atoms with E-state index in [0.29, 0.717) is 19.0 Å². The number of aromatic nitrogens is 3. The second-order valence-electron chi connectivity index (χ2n) is 7.03. The number of hydrogen-bond donors (Lipinski definition) is 0. The molecule has 7 heteroatoms. The number of rotatable bonds is 3. The molecule has 1 amide bonds. The van der Waals surface area contributed by atoms with E-state index in [0.717, 1.165) is 48.9 Å². The van der Waals surface area contributed by atoms with Crippen LogP contribution in [0.1, 0.15) is 64.9 Å². The lowest BCUT2D eigenvalue weighted by molar-refractivity contribution is 0.0763. The van der Waals surface area contributed by atoms with Gasteiger partial charge in [0.15, 0.2) is 0 Å². The van der Waals surface area contributed by atoms with Gasteiger partial charge in [0.2, 0.25) is 0 Å². The highest BCUT2D eigenvalue weighted by Gasteiger charge is 2.26. The highest BCUT2D eigenvalue weighted by atomic mass is 32.1. The number of hydrogen-bond acceptors (Lipinski definition) is 5. The molecule has 2 aliphatic heterocycles. The first kappa shape index (κ1) is 16.7. The van der Waals surface area contributed by atoms with Gasteiger partial charge < -0.3 is 14.2 Å². The highest BCUT2D eigenvalue weighted by molar-refractivity contribution is 7.14. The van der Waals surface area contributed by atoms with Gasteiger partial charge in [0.1, 0.15) is 11.6 Å². The van der Waals surface area contributed by atoms with Crippen LogP contribution in [0.3, 0.4) is 0 Å². The fourth-order valence-corrected chi connectivity index (χ4v) is 4.63. The van der Waals surface area contributed by atoms with Crippen LogP contribution in [0.25, 0.3) is 0 Å². The molecule has 1 atom stereocenters. The molecule has 0 N–H and O–H groups in total. The Morgan fingerprint density at radius 1 is 1.28 bits per heavy atom. The molecule has 6 nitrogen and oxygen atoms in total. The summed E-state index contributed by atoms with van der Waals surface area (Å²) >= 11 is 1.58. The summed E-state index contributed by atoms with van der Waals surface area (Å²) in [5, 5.41) is 8.63. The van der Waals surface area contributed by atoms with Gasteiger partial charge >= 0.3 is 0 Å². The maximum absolute atomic E-state index is 12.9. The zero-order chi connectivity index (χ0) is 17.4. The largest absolute Gasteiger partial charge is 0.373 e. The van der Waals surface area contributed by atoms with E-state index in [1.165, 1.54) is 4.88 Å². The van der Waals surface area contributed by atoms with E-state index in [1.54, 1.807) is 11.3 Å². The third-order valence-electron chi connectivity index (χ3n) is 4.94. The van der Waals surface area contributed by atoms with Crippen molar-refractivity contribution in [2.75, 3.05) is 19.7 Å². The molecule has 4 heterocycles. The number of carbonyl (C=O) groups is 1. The maximum Gasteiger partial charge on any atom is 0.264 e. The van der Waals surface area contributed by atoms with Crippen molar-refractivity contribution in [1.29, 1.82) is 0 Å². The molecule has 0 bridgehead atoms. The van der Waals surface area contributed by atoms with Crippen LogP contribution in [0.2, 0.25) is 0 Å². The minimum Gasteiger partial charge on any atom is -0.373 e. The Hall–Kier alpha value is -1.73. The lowest BCUT2D eigenvalue weighted by atomic mass is 10.2. The quantitative estimate of drug-likeness (QED) is 0.844. The van der Waals surface area contributed by atoms with Gasteiger partial charge in [-0.1, -0.05) is 13.8 Å². The molecule has 2 aromatic heterocycles. The highest BCUT2D eigenvalue weighted by Crippen LogP contribution is 2.33. The molecular formula is C18H24N4O2S. The first-order valence-corrected chi connectivity index (χ1v) is 9.87. The number of amides is 1. The van der Waals surface area contributed by atoms with Crippen LogP contribution in [0.15, 0.2) is 12.1 Å². The summed E-state index contributed by atoms with van der Waals surface area (Å²) in [6, 6.07) is 4.01. The normalized spacial score (nSPS) is 20.8. The molecule has 0 spiro atoms. The Morgan fingerprint density at radius 2 is 2.16 bits per heavy atom. The van der Waals surface area contributed by atoms with E-state index in [-0.39, 0.29) is 12.0 Å². The Bertz CT molecular complexity index is 761. The molecule has 1 saturated heterocycles. The number of thiophene rings is 1. The SMILES string of the molecule is CC(C)c1nnc2n1CCN(C(=O)c1ccc(C3CCCO3)s1)CC2. The number of nitrogens with zero attached hydrogens (tertiary/aromatic N) is 4. The second kappa shape index (κ2) is 6.88. The molecule has 2 aliphatic rings. The summed E-state index contributed by atoms with van der Waals surface area (Å²) in [4.78, 5) is 16.9. The van der Waals surface area contributed by atoms with Crippen LogP contribution in [-0.4, -0.2) is 45.3 Å². The van der Waals surface area contributed by atoms with Crippen molar-refractivity contribution in [2.45, 2.75) is 51.7 Å². The zero-order valence-corrected chi connectivity index (χ0v) is 15.6. The summed E-state index contributed by atoms with van der Waals surface area (Å²) < 4.78 is 7.92. The van der Waals surface area contributed by atoms with Gasteiger partial charge in [-0.15, -0.1) is 21.5 Å². The lowest BCUT2D eigenvalue weighted by Crippen LogP contribution is -2.33. The van der Waals surface area contributed by atoms with Crippen LogP contribution >= 0.6 is 11.3 Å². The number of carbonyl (C=O) groups excluding carboxylic acids is 1. The summed E-state index contributed by atoms with van der Waals surface area (Å²) in [5.41, 5.74) is 0. The van der Waals surface area contributed by atoms with Gasteiger partial charge in [-0.3, -0.25) is 4.79 Å². The van der Waals surface area contributed by atoms with E-state index in [4.69, 9.17) is 4.74 Å². The third kappa shape index (κ3) is 3.22. The van der Waals surface area contributed by atoms with Crippen molar-refractivity contribution in [3.05, 3.63) is 33.5 Å². The van der Waals surface area contributed by atoms with E-state index >= 15 is 0 Å². The van der Waals surface area contributed by atoms with Gasteiger partial charge in [0, 0.05) is 43.5 Å². The number of ether oxygens (including phenoxy) is 1. The fraction of sp³-hybridized carbons (Fsp3) is 0.611. The molecule has 134 valence electrons. The molecule has 0 aliphatic carbocycles. The Kier molecular flexibility index (Phi) is 4.60. The molecule has 4 rings (SSSR count). The average Bonchev–Trinajstić information content (AvgIpc) is 3.32. The van der Waals surface area contributed by atoms with Crippen molar-refractivity contribution < 1.29 is 9.53 Å². The van der Waals surface area contributed by atoms with Crippen molar-refractivity contribution in [3.63, 3.8) is 0 Å². The zero-order valence-electron chi connectivity index (χ0n) is 14.8. The maximum atomic E-state index is 12.9. The molecule has 0 saturated carbocycles. The topological polar surface area (TPSA) is 60.2 Å². The van der Waals surface area contributed by atoms with E-state index < -0.39 is 0 Å². The van der Waals surface area contributed by atoms with E-state index in [2.05, 4.69) is 34.7 Å². The van der Waals surface area contributed by atoms with Gasteiger partial charge in [-0.2, -0.15) is 0 Å². The average molecular weight is 360 g/mol. The Labute approximate surface area is 151 Å². The minimum absolute atomic E-state index is 0.124. The third-order valence-corrected chi connectivity index (χ3v) is 6.11. The van der Waals surface area contributed by atoms with Crippen molar-refractivity contribution >= 4 is 17.2 Å². The molecule has 2 aromatic rings. The first-order valence-electron chi connectivity index (χ1n) is 9.06. The van der Waals surface area contributed by atoms with Crippen LogP contribution < -0.4 is 0 Å². The Morgan fingerprint density at radius 3 is 2.92 bits per heavy atom. The molecule has 0 aromatic carbocycles. The summed E-state index contributed by atoms with van der Waals surface area (Å²) in [5.74, 6) is 2.47. The van der Waals surface area contributed by atoms with Crippen molar-refractivity contribution in [1.82, 2.24) is 19.7 Å². The standard InChI is InChI=1S/C18H24N4O2S/c1-12(2)17-20-19-16-7-8-21(9-10-22(16)17)18(23)15-6-5-14(25-15)13-4-3-11-24-13/h5-6,12-13H,3-4,7-11H2,1-2H3. The molecular weight excluding hydrogens is 336 g/mol. The van der Waals surface area contributed by atoms with E-state index in [1.807, 2.05) is 11.0 Å². The molecule has 1 fully saturated rings. The summed E-state index contributed by atoms with van der Waals surface area (Å²) in [6.45, 7) is 7.26. The second-order valence-corrected chi connectivity index (χ2v) is 8.14. The monoisotopic (exact) mass is 360 g/mol. The van der Waals surface area contributed by atoms with Crippen LogP contribution in [-0.2, 0) is 17.7 Å². The summed E-state index contributed by atoms with van der Waals surface area (Å²) in [6.07, 6.45) is 3.11.